The highest BCUT2D eigenvalue weighted by Crippen LogP contribution is 2.15. The first kappa shape index (κ1) is 25.1. The van der Waals surface area contributed by atoms with Gasteiger partial charge in [0.2, 0.25) is 0 Å². The van der Waals surface area contributed by atoms with Gasteiger partial charge < -0.3 is 19.3 Å². The van der Waals surface area contributed by atoms with Crippen molar-refractivity contribution in [1.82, 2.24) is 0 Å². The molecule has 4 heteroatoms. The van der Waals surface area contributed by atoms with Crippen LogP contribution in [-0.4, -0.2) is 31.0 Å². The van der Waals surface area contributed by atoms with E-state index in [0.29, 0.717) is 19.6 Å². The van der Waals surface area contributed by atoms with Crippen LogP contribution in [-0.2, 0) is 22.7 Å². The van der Waals surface area contributed by atoms with Gasteiger partial charge in [0.15, 0.2) is 0 Å². The molecule has 1 N–H and O–H groups in total. The fraction of sp³-hybridized carbons (Fsp3) is 0.481. The summed E-state index contributed by atoms with van der Waals surface area (Å²) in [6.07, 6.45) is 9.27. The average Bonchev–Trinajstić information content (AvgIpc) is 2.80. The molecule has 31 heavy (non-hydrogen) atoms. The van der Waals surface area contributed by atoms with Crippen LogP contribution in [0.1, 0.15) is 56.6 Å². The van der Waals surface area contributed by atoms with Crippen LogP contribution in [0.3, 0.4) is 0 Å². The van der Waals surface area contributed by atoms with Crippen LogP contribution < -0.4 is 4.74 Å². The first-order chi connectivity index (χ1) is 15.2. The number of aliphatic hydroxyl groups is 1. The molecular formula is C27H38O4. The lowest BCUT2D eigenvalue weighted by Crippen LogP contribution is -2.19. The van der Waals surface area contributed by atoms with Crippen LogP contribution in [0.25, 0.3) is 0 Å². The molecule has 0 aliphatic rings. The van der Waals surface area contributed by atoms with Gasteiger partial charge in [-0.25, -0.2) is 0 Å². The Bertz CT molecular complexity index is 712. The zero-order valence-corrected chi connectivity index (χ0v) is 19.0. The van der Waals surface area contributed by atoms with E-state index >= 15 is 0 Å². The summed E-state index contributed by atoms with van der Waals surface area (Å²) in [4.78, 5) is 0. The minimum Gasteiger partial charge on any atom is -0.497 e. The van der Waals surface area contributed by atoms with Crippen LogP contribution in [0.2, 0.25) is 0 Å². The first-order valence-corrected chi connectivity index (χ1v) is 11.4. The molecular weight excluding hydrogens is 388 g/mol. The van der Waals surface area contributed by atoms with Gasteiger partial charge >= 0.3 is 0 Å². The molecule has 0 amide bonds. The van der Waals surface area contributed by atoms with Gasteiger partial charge in [0, 0.05) is 13.0 Å². The summed E-state index contributed by atoms with van der Waals surface area (Å²) in [6.45, 7) is 4.12. The lowest BCUT2D eigenvalue weighted by atomic mass is 10.1. The van der Waals surface area contributed by atoms with Gasteiger partial charge in [-0.1, -0.05) is 68.0 Å². The standard InChI is InChI=1S/C27H38O4/c1-3-11-27(31-22-23-12-7-6-8-13-23)20-25(28)14-9-4-5-10-19-30-21-24-15-17-26(29-2)18-16-24/h6-9,12-18,25,27-28H,3-5,10-11,19-22H2,1-2H3/b14-9+/t25?,27-/m1/s1. The summed E-state index contributed by atoms with van der Waals surface area (Å²) < 4.78 is 16.9. The number of methoxy groups -OCH3 is 1. The summed E-state index contributed by atoms with van der Waals surface area (Å²) in [5, 5.41) is 10.3. The van der Waals surface area contributed by atoms with Crippen LogP contribution in [0.15, 0.2) is 66.7 Å². The molecule has 0 fully saturated rings. The highest BCUT2D eigenvalue weighted by Gasteiger charge is 2.12. The van der Waals surface area contributed by atoms with E-state index in [-0.39, 0.29) is 6.10 Å². The molecule has 2 aromatic rings. The molecule has 2 rings (SSSR count). The number of hydrogen-bond donors (Lipinski definition) is 1. The van der Waals surface area contributed by atoms with Gasteiger partial charge in [0.1, 0.15) is 5.75 Å². The van der Waals surface area contributed by atoms with Crippen molar-refractivity contribution in [3.05, 3.63) is 77.9 Å². The molecule has 1 unspecified atom stereocenters. The minimum atomic E-state index is -0.460. The lowest BCUT2D eigenvalue weighted by molar-refractivity contribution is 0.00785. The summed E-state index contributed by atoms with van der Waals surface area (Å²) in [6, 6.07) is 18.1. The molecule has 0 aromatic heterocycles. The van der Waals surface area contributed by atoms with E-state index in [9.17, 15) is 5.11 Å². The van der Waals surface area contributed by atoms with Crippen molar-refractivity contribution in [1.29, 1.82) is 0 Å². The monoisotopic (exact) mass is 426 g/mol. The SMILES string of the molecule is CCC[C@H](CC(O)/C=C/CCCCOCc1ccc(OC)cc1)OCc1ccccc1. The van der Waals surface area contributed by atoms with E-state index in [1.807, 2.05) is 48.5 Å². The summed E-state index contributed by atoms with van der Waals surface area (Å²) in [5.74, 6) is 0.862. The minimum absolute atomic E-state index is 0.0798. The summed E-state index contributed by atoms with van der Waals surface area (Å²) >= 11 is 0. The maximum atomic E-state index is 10.3. The van der Waals surface area contributed by atoms with Gasteiger partial charge in [-0.05, 0) is 48.9 Å². The fourth-order valence-electron chi connectivity index (χ4n) is 3.36. The Morgan fingerprint density at radius 1 is 0.935 bits per heavy atom. The second-order valence-electron chi connectivity index (χ2n) is 7.83. The molecule has 0 saturated carbocycles. The largest absolute Gasteiger partial charge is 0.497 e. The normalized spacial score (nSPS) is 13.4. The number of rotatable bonds is 16. The maximum absolute atomic E-state index is 10.3. The Morgan fingerprint density at radius 3 is 2.39 bits per heavy atom. The molecule has 0 radical (unpaired) electrons. The maximum Gasteiger partial charge on any atom is 0.118 e. The quantitative estimate of drug-likeness (QED) is 0.261. The van der Waals surface area contributed by atoms with E-state index in [1.54, 1.807) is 7.11 Å². The van der Waals surface area contributed by atoms with Crippen LogP contribution in [0.5, 0.6) is 5.75 Å². The van der Waals surface area contributed by atoms with E-state index in [0.717, 1.165) is 50.0 Å². The molecule has 0 saturated heterocycles. The van der Waals surface area contributed by atoms with Crippen molar-refractivity contribution in [3.63, 3.8) is 0 Å². The van der Waals surface area contributed by atoms with E-state index < -0.39 is 6.10 Å². The van der Waals surface area contributed by atoms with Gasteiger partial charge in [-0.15, -0.1) is 0 Å². The Kier molecular flexibility index (Phi) is 12.7. The second kappa shape index (κ2) is 15.6. The number of allylic oxidation sites excluding steroid dienone is 1. The molecule has 4 nitrogen and oxygen atoms in total. The Morgan fingerprint density at radius 2 is 1.68 bits per heavy atom. The Labute approximate surface area is 187 Å². The first-order valence-electron chi connectivity index (χ1n) is 11.4. The van der Waals surface area contributed by atoms with Crippen molar-refractivity contribution in [2.45, 2.75) is 70.9 Å². The number of benzene rings is 2. The van der Waals surface area contributed by atoms with Crippen molar-refractivity contribution in [2.24, 2.45) is 0 Å². The highest BCUT2D eigenvalue weighted by atomic mass is 16.5. The molecule has 0 aliphatic carbocycles. The smallest absolute Gasteiger partial charge is 0.118 e. The predicted molar refractivity (Wildman–Crippen MR) is 126 cm³/mol. The predicted octanol–water partition coefficient (Wildman–Crippen LogP) is 6.07. The molecule has 0 heterocycles. The van der Waals surface area contributed by atoms with E-state index in [1.165, 1.54) is 5.56 Å². The third kappa shape index (κ3) is 11.2. The topological polar surface area (TPSA) is 47.9 Å². The molecule has 2 atom stereocenters. The van der Waals surface area contributed by atoms with E-state index in [4.69, 9.17) is 14.2 Å². The Balaban J connectivity index is 1.55. The number of hydrogen-bond acceptors (Lipinski definition) is 4. The van der Waals surface area contributed by atoms with Crippen LogP contribution in [0, 0.1) is 0 Å². The molecule has 2 aromatic carbocycles. The van der Waals surface area contributed by atoms with Crippen molar-refractivity contribution < 1.29 is 19.3 Å². The highest BCUT2D eigenvalue weighted by molar-refractivity contribution is 5.26. The van der Waals surface area contributed by atoms with Crippen molar-refractivity contribution in [3.8, 4) is 5.75 Å². The second-order valence-corrected chi connectivity index (χ2v) is 7.83. The van der Waals surface area contributed by atoms with Gasteiger partial charge in [-0.2, -0.15) is 0 Å². The van der Waals surface area contributed by atoms with Gasteiger partial charge in [0.25, 0.3) is 0 Å². The third-order valence-corrected chi connectivity index (χ3v) is 5.14. The molecule has 0 spiro atoms. The number of aliphatic hydroxyl groups excluding tert-OH is 1. The summed E-state index contributed by atoms with van der Waals surface area (Å²) in [5.41, 5.74) is 2.32. The average molecular weight is 427 g/mol. The zero-order chi connectivity index (χ0) is 22.2. The van der Waals surface area contributed by atoms with Crippen molar-refractivity contribution in [2.75, 3.05) is 13.7 Å². The van der Waals surface area contributed by atoms with Crippen LogP contribution in [0.4, 0.5) is 0 Å². The van der Waals surface area contributed by atoms with E-state index in [2.05, 4.69) is 25.1 Å². The number of unbranched alkanes of at least 4 members (excludes halogenated alkanes) is 2. The number of ether oxygens (including phenoxy) is 3. The third-order valence-electron chi connectivity index (χ3n) is 5.14. The van der Waals surface area contributed by atoms with Crippen molar-refractivity contribution >= 4 is 0 Å². The van der Waals surface area contributed by atoms with Crippen LogP contribution >= 0.6 is 0 Å². The molecule has 0 aliphatic heterocycles. The fourth-order valence-corrected chi connectivity index (χ4v) is 3.36. The zero-order valence-electron chi connectivity index (χ0n) is 19.0. The van der Waals surface area contributed by atoms with Gasteiger partial charge in [0.05, 0.1) is 32.5 Å². The van der Waals surface area contributed by atoms with Gasteiger partial charge in [-0.3, -0.25) is 0 Å². The summed E-state index contributed by atoms with van der Waals surface area (Å²) in [7, 11) is 1.67. The molecule has 0 bridgehead atoms. The lowest BCUT2D eigenvalue weighted by Gasteiger charge is -2.19. The Hall–Kier alpha value is -2.14. The molecule has 170 valence electrons.